The van der Waals surface area contributed by atoms with Crippen LogP contribution in [0.15, 0.2) is 12.1 Å². The van der Waals surface area contributed by atoms with Gasteiger partial charge in [0, 0.05) is 5.02 Å². The second-order valence-electron chi connectivity index (χ2n) is 4.11. The van der Waals surface area contributed by atoms with Crippen LogP contribution >= 0.6 is 11.6 Å². The Labute approximate surface area is 94.8 Å². The van der Waals surface area contributed by atoms with E-state index in [-0.39, 0.29) is 0 Å². The van der Waals surface area contributed by atoms with E-state index in [9.17, 15) is 5.11 Å². The lowest BCUT2D eigenvalue weighted by Gasteiger charge is -2.28. The van der Waals surface area contributed by atoms with E-state index in [2.05, 4.69) is 6.92 Å². The molecule has 0 radical (unpaired) electrons. The first kappa shape index (κ1) is 10.8. The maximum atomic E-state index is 9.91. The van der Waals surface area contributed by atoms with Crippen LogP contribution in [0.4, 0.5) is 0 Å². The number of fused-ring (bicyclic) bond motifs is 1. The first-order valence-corrected chi connectivity index (χ1v) is 5.56. The van der Waals surface area contributed by atoms with Crippen molar-refractivity contribution in [1.29, 1.82) is 0 Å². The van der Waals surface area contributed by atoms with Gasteiger partial charge in [-0.15, -0.1) is 0 Å². The number of rotatable bonds is 1. The van der Waals surface area contributed by atoms with Crippen molar-refractivity contribution in [2.75, 3.05) is 7.11 Å². The van der Waals surface area contributed by atoms with Gasteiger partial charge < -0.3 is 9.84 Å². The molecule has 2 nitrogen and oxygen atoms in total. The molecule has 0 bridgehead atoms. The van der Waals surface area contributed by atoms with Crippen molar-refractivity contribution in [2.24, 2.45) is 0 Å². The monoisotopic (exact) mass is 226 g/mol. The zero-order valence-corrected chi connectivity index (χ0v) is 9.71. The number of aliphatic hydroxyl groups excluding tert-OH is 1. The van der Waals surface area contributed by atoms with Crippen LogP contribution in [0, 0.1) is 0 Å². The van der Waals surface area contributed by atoms with Crippen molar-refractivity contribution in [3.63, 3.8) is 0 Å². The molecule has 15 heavy (non-hydrogen) atoms. The minimum Gasteiger partial charge on any atom is -0.497 e. The van der Waals surface area contributed by atoms with Crippen LogP contribution < -0.4 is 4.74 Å². The third kappa shape index (κ3) is 1.84. The summed E-state index contributed by atoms with van der Waals surface area (Å²) in [5, 5.41) is 10.6. The zero-order chi connectivity index (χ0) is 11.0. The lowest BCUT2D eigenvalue weighted by molar-refractivity contribution is 0.151. The fourth-order valence-electron chi connectivity index (χ4n) is 2.23. The highest BCUT2D eigenvalue weighted by molar-refractivity contribution is 6.31. The maximum Gasteiger partial charge on any atom is 0.120 e. The molecule has 1 aliphatic carbocycles. The molecule has 1 aromatic rings. The van der Waals surface area contributed by atoms with Gasteiger partial charge >= 0.3 is 0 Å². The first-order valence-electron chi connectivity index (χ1n) is 5.19. The molecule has 1 aliphatic rings. The highest BCUT2D eigenvalue weighted by Crippen LogP contribution is 2.42. The van der Waals surface area contributed by atoms with Gasteiger partial charge in [-0.05, 0) is 42.0 Å². The first-order chi connectivity index (χ1) is 7.13. The van der Waals surface area contributed by atoms with Crippen molar-refractivity contribution in [1.82, 2.24) is 0 Å². The molecule has 0 saturated carbocycles. The lowest BCUT2D eigenvalue weighted by atomic mass is 9.82. The largest absolute Gasteiger partial charge is 0.497 e. The minimum absolute atomic E-state index is 0.399. The SMILES string of the molecule is COc1cc(Cl)c2c(c1)[C@@H](O)CCC2C. The van der Waals surface area contributed by atoms with Gasteiger partial charge in [0.2, 0.25) is 0 Å². The van der Waals surface area contributed by atoms with Gasteiger partial charge in [-0.3, -0.25) is 0 Å². The molecule has 0 spiro atoms. The average Bonchev–Trinajstić information content (AvgIpc) is 2.23. The Morgan fingerprint density at radius 3 is 2.80 bits per heavy atom. The van der Waals surface area contributed by atoms with Crippen LogP contribution in [0.2, 0.25) is 5.02 Å². The summed E-state index contributed by atoms with van der Waals surface area (Å²) < 4.78 is 5.15. The van der Waals surface area contributed by atoms with E-state index >= 15 is 0 Å². The van der Waals surface area contributed by atoms with Crippen LogP contribution in [-0.4, -0.2) is 12.2 Å². The molecule has 1 unspecified atom stereocenters. The van der Waals surface area contributed by atoms with Gasteiger partial charge in [-0.1, -0.05) is 18.5 Å². The summed E-state index contributed by atoms with van der Waals surface area (Å²) >= 11 is 6.20. The summed E-state index contributed by atoms with van der Waals surface area (Å²) in [6.07, 6.45) is 1.39. The predicted molar refractivity (Wildman–Crippen MR) is 60.6 cm³/mol. The second kappa shape index (κ2) is 4.03. The van der Waals surface area contributed by atoms with Crippen molar-refractivity contribution < 1.29 is 9.84 Å². The molecule has 82 valence electrons. The fourth-order valence-corrected chi connectivity index (χ4v) is 2.64. The summed E-state index contributed by atoms with van der Waals surface area (Å²) in [4.78, 5) is 0. The summed E-state index contributed by atoms with van der Waals surface area (Å²) in [5.41, 5.74) is 2.01. The Morgan fingerprint density at radius 2 is 2.13 bits per heavy atom. The van der Waals surface area contributed by atoms with Gasteiger partial charge in [-0.2, -0.15) is 0 Å². The Bertz CT molecular complexity index is 376. The van der Waals surface area contributed by atoms with E-state index in [1.54, 1.807) is 7.11 Å². The van der Waals surface area contributed by atoms with Gasteiger partial charge in [0.1, 0.15) is 5.75 Å². The topological polar surface area (TPSA) is 29.5 Å². The molecular formula is C12H15ClO2. The van der Waals surface area contributed by atoms with E-state index in [1.807, 2.05) is 12.1 Å². The molecule has 2 atom stereocenters. The molecule has 0 saturated heterocycles. The Hall–Kier alpha value is -0.730. The predicted octanol–water partition coefficient (Wildman–Crippen LogP) is 3.28. The van der Waals surface area contributed by atoms with Gasteiger partial charge in [-0.25, -0.2) is 0 Å². The fraction of sp³-hybridized carbons (Fsp3) is 0.500. The van der Waals surface area contributed by atoms with Crippen LogP contribution in [-0.2, 0) is 0 Å². The molecule has 3 heteroatoms. The van der Waals surface area contributed by atoms with E-state index in [0.717, 1.165) is 24.0 Å². The lowest BCUT2D eigenvalue weighted by Crippen LogP contribution is -2.13. The van der Waals surface area contributed by atoms with E-state index < -0.39 is 6.10 Å². The van der Waals surface area contributed by atoms with Crippen molar-refractivity contribution in [3.8, 4) is 5.75 Å². The Kier molecular flexibility index (Phi) is 2.89. The molecule has 0 amide bonds. The van der Waals surface area contributed by atoms with Crippen molar-refractivity contribution >= 4 is 11.6 Å². The molecule has 0 fully saturated rings. The molecule has 0 aliphatic heterocycles. The van der Waals surface area contributed by atoms with Crippen LogP contribution in [0.3, 0.4) is 0 Å². The normalized spacial score (nSPS) is 24.8. The number of hydrogen-bond acceptors (Lipinski definition) is 2. The molecule has 0 heterocycles. The third-order valence-electron chi connectivity index (χ3n) is 3.10. The number of aliphatic hydroxyl groups is 1. The number of ether oxygens (including phenoxy) is 1. The van der Waals surface area contributed by atoms with E-state index in [1.165, 1.54) is 0 Å². The standard InChI is InChI=1S/C12H15ClO2/c1-7-3-4-11(14)9-5-8(15-2)6-10(13)12(7)9/h5-7,11,14H,3-4H2,1-2H3/t7?,11-/m0/s1. The number of benzene rings is 1. The summed E-state index contributed by atoms with van der Waals surface area (Å²) in [7, 11) is 1.61. The Balaban J connectivity index is 2.56. The van der Waals surface area contributed by atoms with Crippen LogP contribution in [0.5, 0.6) is 5.75 Å². The molecule has 0 aromatic heterocycles. The quantitative estimate of drug-likeness (QED) is 0.797. The van der Waals surface area contributed by atoms with Crippen molar-refractivity contribution in [2.45, 2.75) is 31.8 Å². The highest BCUT2D eigenvalue weighted by atomic mass is 35.5. The highest BCUT2D eigenvalue weighted by Gasteiger charge is 2.26. The number of halogens is 1. The Morgan fingerprint density at radius 1 is 1.40 bits per heavy atom. The molecule has 2 rings (SSSR count). The smallest absolute Gasteiger partial charge is 0.120 e. The van der Waals surface area contributed by atoms with Crippen molar-refractivity contribution in [3.05, 3.63) is 28.3 Å². The second-order valence-corrected chi connectivity index (χ2v) is 4.51. The van der Waals surface area contributed by atoms with E-state index in [4.69, 9.17) is 16.3 Å². The van der Waals surface area contributed by atoms with Crippen LogP contribution in [0.1, 0.15) is 42.9 Å². The van der Waals surface area contributed by atoms with Gasteiger partial charge in [0.05, 0.1) is 13.2 Å². The van der Waals surface area contributed by atoms with Gasteiger partial charge in [0.15, 0.2) is 0 Å². The number of methoxy groups -OCH3 is 1. The average molecular weight is 227 g/mol. The zero-order valence-electron chi connectivity index (χ0n) is 8.96. The van der Waals surface area contributed by atoms with Crippen LogP contribution in [0.25, 0.3) is 0 Å². The molecule has 1 aromatic carbocycles. The van der Waals surface area contributed by atoms with Gasteiger partial charge in [0.25, 0.3) is 0 Å². The summed E-state index contributed by atoms with van der Waals surface area (Å²) in [5.74, 6) is 1.13. The summed E-state index contributed by atoms with van der Waals surface area (Å²) in [6.45, 7) is 2.14. The maximum absolute atomic E-state index is 9.91. The van der Waals surface area contributed by atoms with E-state index in [0.29, 0.717) is 16.7 Å². The molecular weight excluding hydrogens is 212 g/mol. The number of hydrogen-bond donors (Lipinski definition) is 1. The minimum atomic E-state index is -0.399. The summed E-state index contributed by atoms with van der Waals surface area (Å²) in [6, 6.07) is 3.70. The molecule has 1 N–H and O–H groups in total. The third-order valence-corrected chi connectivity index (χ3v) is 3.41.